The smallest absolute Gasteiger partial charge is 0.162 e. The lowest BCUT2D eigenvalue weighted by atomic mass is 11.9. The maximum atomic E-state index is 3.89. The highest BCUT2D eigenvalue weighted by Gasteiger charge is 1.63. The number of hydrogen-bond acceptors (Lipinski definition) is 2. The van der Waals surface area contributed by atoms with Crippen LogP contribution >= 0.6 is 25.2 Å². The number of aromatic nitrogens is 2. The van der Waals surface area contributed by atoms with Crippen molar-refractivity contribution in [3.05, 3.63) is 5.53 Å². The second kappa shape index (κ2) is 2.53. The molecule has 2 nitrogen and oxygen atoms in total. The summed E-state index contributed by atoms with van der Waals surface area (Å²) in [7, 11) is 3.05. The van der Waals surface area contributed by atoms with Gasteiger partial charge in [-0.2, -0.15) is 9.02 Å². The van der Waals surface area contributed by atoms with E-state index in [1.54, 1.807) is 0 Å². The highest BCUT2D eigenvalue weighted by atomic mass is 31.1. The Bertz CT molecular complexity index is 80.7. The van der Waals surface area contributed by atoms with Gasteiger partial charge in [0.25, 0.3) is 0 Å². The Kier molecular flexibility index (Phi) is 1.91. The molecule has 0 fully saturated rings. The Morgan fingerprint density at radius 3 is 2.00 bits per heavy atom. The minimum absolute atomic E-state index is 0.892. The van der Waals surface area contributed by atoms with Gasteiger partial charge in [-0.15, -0.1) is 0 Å². The van der Waals surface area contributed by atoms with E-state index in [0.29, 0.717) is 0 Å². The van der Waals surface area contributed by atoms with Crippen molar-refractivity contribution in [3.63, 3.8) is 0 Å². The summed E-state index contributed by atoms with van der Waals surface area (Å²) in [6.45, 7) is 0. The second-order valence-corrected chi connectivity index (χ2v) is 3.61. The van der Waals surface area contributed by atoms with Crippen molar-refractivity contribution in [2.75, 3.05) is 0 Å². The van der Waals surface area contributed by atoms with Crippen LogP contribution in [0.4, 0.5) is 0 Å². The van der Waals surface area contributed by atoms with Crippen molar-refractivity contribution in [2.24, 2.45) is 0 Å². The van der Waals surface area contributed by atoms with Crippen LogP contribution in [0, 0.1) is 0 Å². The van der Waals surface area contributed by atoms with Gasteiger partial charge >= 0.3 is 0 Å². The number of rotatable bonds is 0. The van der Waals surface area contributed by atoms with Crippen LogP contribution in [-0.2, 0) is 0 Å². The largest absolute Gasteiger partial charge is 0.186 e. The lowest BCUT2D eigenvalue weighted by molar-refractivity contribution is 1.79. The molecular formula is CHN2P3. The average molecular weight is 134 g/mol. The summed E-state index contributed by atoms with van der Waals surface area (Å²) in [5.41, 5.74) is 2.00. The van der Waals surface area contributed by atoms with E-state index in [2.05, 4.69) is 9.02 Å². The van der Waals surface area contributed by atoms with Gasteiger partial charge in [0, 0.05) is 5.53 Å². The summed E-state index contributed by atoms with van der Waals surface area (Å²) < 4.78 is 7.78. The predicted octanol–water partition coefficient (Wildman–Crippen LogP) is 2.22. The summed E-state index contributed by atoms with van der Waals surface area (Å²) in [4.78, 5) is 0. The first-order valence-electron chi connectivity index (χ1n) is 1.32. The van der Waals surface area contributed by atoms with Gasteiger partial charge in [-0.05, 0) is 0 Å². The van der Waals surface area contributed by atoms with Crippen molar-refractivity contribution in [2.45, 2.75) is 0 Å². The SMILES string of the molecule is c1pnpnp1. The van der Waals surface area contributed by atoms with Crippen molar-refractivity contribution < 1.29 is 0 Å². The minimum Gasteiger partial charge on any atom is -0.186 e. The van der Waals surface area contributed by atoms with Gasteiger partial charge in [0.05, 0.1) is 16.7 Å². The quantitative estimate of drug-likeness (QED) is 0.543. The molecule has 0 saturated heterocycles. The van der Waals surface area contributed by atoms with Gasteiger partial charge in [-0.3, -0.25) is 0 Å². The number of nitrogens with zero attached hydrogens (tertiary/aromatic N) is 2. The van der Waals surface area contributed by atoms with E-state index < -0.39 is 0 Å². The molecule has 0 aromatic carbocycles. The summed E-state index contributed by atoms with van der Waals surface area (Å²) in [5, 5.41) is 0. The van der Waals surface area contributed by atoms with Crippen molar-refractivity contribution in [1.29, 1.82) is 0 Å². The van der Waals surface area contributed by atoms with Gasteiger partial charge in [0.1, 0.15) is 0 Å². The fourth-order valence-electron chi connectivity index (χ4n) is 0.133. The molecule has 0 N–H and O–H groups in total. The van der Waals surface area contributed by atoms with E-state index in [1.807, 2.05) is 5.53 Å². The van der Waals surface area contributed by atoms with Crippen LogP contribution in [0.2, 0.25) is 0 Å². The Morgan fingerprint density at radius 1 is 1.17 bits per heavy atom. The second-order valence-electron chi connectivity index (χ2n) is 0.615. The summed E-state index contributed by atoms with van der Waals surface area (Å²) >= 11 is 0. The normalized spacial score (nSPS) is 12.0. The van der Waals surface area contributed by atoms with E-state index in [0.717, 1.165) is 25.2 Å². The van der Waals surface area contributed by atoms with Crippen molar-refractivity contribution in [1.82, 2.24) is 9.02 Å². The van der Waals surface area contributed by atoms with Crippen LogP contribution in [0.3, 0.4) is 0 Å². The maximum Gasteiger partial charge on any atom is 0.162 e. The summed E-state index contributed by atoms with van der Waals surface area (Å²) in [6, 6.07) is 0. The summed E-state index contributed by atoms with van der Waals surface area (Å²) in [6.07, 6.45) is 0. The van der Waals surface area contributed by atoms with Gasteiger partial charge in [-0.1, -0.05) is 0 Å². The Morgan fingerprint density at radius 2 is 1.83 bits per heavy atom. The zero-order valence-corrected chi connectivity index (χ0v) is 5.50. The molecule has 6 heavy (non-hydrogen) atoms. The molecule has 0 unspecified atom stereocenters. The molecule has 0 bridgehead atoms. The third-order valence-corrected chi connectivity index (χ3v) is 2.58. The first-order valence-corrected chi connectivity index (χ1v) is 3.95. The highest BCUT2D eigenvalue weighted by molar-refractivity contribution is 7.48. The lowest BCUT2D eigenvalue weighted by Gasteiger charge is -1.65. The first-order chi connectivity index (χ1) is 3.00. The molecule has 30 valence electrons. The van der Waals surface area contributed by atoms with Crippen LogP contribution in [-0.4, -0.2) is 9.02 Å². The molecule has 0 amide bonds. The molecule has 0 spiro atoms. The van der Waals surface area contributed by atoms with Crippen molar-refractivity contribution in [3.8, 4) is 0 Å². The Balaban J connectivity index is 3.00. The topological polar surface area (TPSA) is 25.8 Å². The molecule has 1 heterocycles. The van der Waals surface area contributed by atoms with Crippen LogP contribution in [0.15, 0.2) is 5.53 Å². The fraction of sp³-hybridized carbons (Fsp3) is 0. The van der Waals surface area contributed by atoms with E-state index in [9.17, 15) is 0 Å². The lowest BCUT2D eigenvalue weighted by Crippen LogP contribution is -1.39. The van der Waals surface area contributed by atoms with Gasteiger partial charge in [-0.25, -0.2) is 0 Å². The molecule has 0 aliphatic heterocycles. The van der Waals surface area contributed by atoms with Crippen LogP contribution < -0.4 is 0 Å². The molecular weight excluding hydrogens is 133 g/mol. The van der Waals surface area contributed by atoms with E-state index in [4.69, 9.17) is 0 Å². The third kappa shape index (κ3) is 1.22. The molecule has 0 atom stereocenters. The zero-order valence-electron chi connectivity index (χ0n) is 2.81. The van der Waals surface area contributed by atoms with E-state index >= 15 is 0 Å². The molecule has 5 heteroatoms. The highest BCUT2D eigenvalue weighted by Crippen LogP contribution is 2.08. The minimum atomic E-state index is 0.892. The molecule has 1 rings (SSSR count). The monoisotopic (exact) mass is 134 g/mol. The molecule has 1 aromatic rings. The van der Waals surface area contributed by atoms with Crippen LogP contribution in [0.25, 0.3) is 0 Å². The molecule has 0 saturated carbocycles. The van der Waals surface area contributed by atoms with Gasteiger partial charge < -0.3 is 0 Å². The molecule has 1 aromatic heterocycles. The Labute approximate surface area is 40.6 Å². The molecule has 0 aliphatic carbocycles. The third-order valence-electron chi connectivity index (χ3n) is 0.287. The maximum absolute atomic E-state index is 3.89. The van der Waals surface area contributed by atoms with Crippen molar-refractivity contribution >= 4 is 25.2 Å². The van der Waals surface area contributed by atoms with Gasteiger partial charge in [0.15, 0.2) is 8.51 Å². The van der Waals surface area contributed by atoms with Crippen LogP contribution in [0.5, 0.6) is 0 Å². The summed E-state index contributed by atoms with van der Waals surface area (Å²) in [5.74, 6) is 0. The molecule has 0 radical (unpaired) electrons. The first kappa shape index (κ1) is 4.53. The van der Waals surface area contributed by atoms with Gasteiger partial charge in [0.2, 0.25) is 0 Å². The van der Waals surface area contributed by atoms with E-state index in [1.165, 1.54) is 0 Å². The average Bonchev–Trinajstić information content (AvgIpc) is 1.72. The predicted molar refractivity (Wildman–Crippen MR) is 29.6 cm³/mol. The zero-order chi connectivity index (χ0) is 4.24. The fourth-order valence-corrected chi connectivity index (χ4v) is 2.35. The van der Waals surface area contributed by atoms with E-state index in [-0.39, 0.29) is 0 Å². The number of hydrogen-bond donors (Lipinski definition) is 0. The molecule has 0 aliphatic rings. The standard InChI is InChI=1S/CHN2P3/c1-4-2-6-3-5-1/h1H. The van der Waals surface area contributed by atoms with Crippen LogP contribution in [0.1, 0.15) is 0 Å². The Hall–Kier alpha value is 0.370.